The summed E-state index contributed by atoms with van der Waals surface area (Å²) in [6, 6.07) is 6.19. The zero-order chi connectivity index (χ0) is 22.3. The van der Waals surface area contributed by atoms with Gasteiger partial charge in [0.25, 0.3) is 0 Å². The number of allylic oxidation sites excluding steroid dienone is 1. The second-order valence-electron chi connectivity index (χ2n) is 9.23. The van der Waals surface area contributed by atoms with Gasteiger partial charge in [-0.3, -0.25) is 0 Å². The normalized spacial score (nSPS) is 12.3. The van der Waals surface area contributed by atoms with E-state index in [1.54, 1.807) is 0 Å². The van der Waals surface area contributed by atoms with Crippen LogP contribution in [0.15, 0.2) is 43.8 Å². The highest BCUT2D eigenvalue weighted by Crippen LogP contribution is 2.26. The first kappa shape index (κ1) is 23.7. The van der Waals surface area contributed by atoms with Crippen molar-refractivity contribution >= 4 is 11.3 Å². The Morgan fingerprint density at radius 3 is 2.30 bits per heavy atom. The summed E-state index contributed by atoms with van der Waals surface area (Å²) in [5.41, 5.74) is 4.87. The zero-order valence-corrected chi connectivity index (χ0v) is 19.5. The number of ether oxygens (including phenoxy) is 1. The molecule has 4 heteroatoms. The average Bonchev–Trinajstić information content (AvgIpc) is 2.70. The molecule has 30 heavy (non-hydrogen) atoms. The molecule has 2 aromatic rings. The Hall–Kier alpha value is -2.62. The number of rotatable bonds is 10. The minimum atomic E-state index is -0.0520. The first-order valence-electron chi connectivity index (χ1n) is 10.8. The number of nitrogens with zero attached hydrogens (tertiary/aromatic N) is 2. The second kappa shape index (κ2) is 10.4. The molecule has 0 aliphatic carbocycles. The number of aromatic nitrogens is 2. The number of nitrogens with one attached hydrogen (secondary N) is 1. The van der Waals surface area contributed by atoms with Crippen molar-refractivity contribution < 1.29 is 4.74 Å². The molecule has 1 aromatic heterocycles. The monoisotopic (exact) mass is 407 g/mol. The van der Waals surface area contributed by atoms with Gasteiger partial charge in [0.05, 0.1) is 6.61 Å². The van der Waals surface area contributed by atoms with Crippen molar-refractivity contribution in [2.45, 2.75) is 66.3 Å². The number of benzene rings is 1. The van der Waals surface area contributed by atoms with Crippen molar-refractivity contribution in [1.29, 1.82) is 0 Å². The van der Waals surface area contributed by atoms with Gasteiger partial charge in [-0.1, -0.05) is 59.8 Å². The van der Waals surface area contributed by atoms with E-state index >= 15 is 0 Å². The molecule has 4 nitrogen and oxygen atoms in total. The molecule has 0 aliphatic rings. The van der Waals surface area contributed by atoms with Gasteiger partial charge in [-0.25, -0.2) is 9.97 Å². The maximum Gasteiger partial charge on any atom is 0.133 e. The lowest BCUT2D eigenvalue weighted by molar-refractivity contribution is 0.251. The van der Waals surface area contributed by atoms with Crippen molar-refractivity contribution in [1.82, 2.24) is 15.3 Å². The van der Waals surface area contributed by atoms with E-state index in [2.05, 4.69) is 75.2 Å². The topological polar surface area (TPSA) is 47.0 Å². The molecule has 1 unspecified atom stereocenters. The molecule has 0 radical (unpaired) electrons. The van der Waals surface area contributed by atoms with Crippen LogP contribution in [0.4, 0.5) is 0 Å². The van der Waals surface area contributed by atoms with E-state index in [0.717, 1.165) is 46.0 Å². The summed E-state index contributed by atoms with van der Waals surface area (Å²) < 4.78 is 6.08. The lowest BCUT2D eigenvalue weighted by atomic mass is 9.96. The molecule has 0 aliphatic heterocycles. The van der Waals surface area contributed by atoms with Crippen LogP contribution in [0.25, 0.3) is 11.3 Å². The van der Waals surface area contributed by atoms with E-state index in [0.29, 0.717) is 19.1 Å². The third-order valence-electron chi connectivity index (χ3n) is 4.95. The van der Waals surface area contributed by atoms with Gasteiger partial charge in [0, 0.05) is 41.2 Å². The van der Waals surface area contributed by atoms with Crippen molar-refractivity contribution in [2.24, 2.45) is 5.92 Å². The van der Waals surface area contributed by atoms with Gasteiger partial charge in [-0.05, 0) is 43.0 Å². The summed E-state index contributed by atoms with van der Waals surface area (Å²) in [5, 5.41) is 3.39. The highest BCUT2D eigenvalue weighted by atomic mass is 16.5. The lowest BCUT2D eigenvalue weighted by Gasteiger charge is -2.17. The first-order chi connectivity index (χ1) is 14.1. The molecular formula is C26H37N3O. The maximum absolute atomic E-state index is 6.08. The molecule has 2 rings (SSSR count). The molecule has 1 atom stereocenters. The SMILES string of the molecule is C=C(C)c1cc(OCC(C)CCC)cc(C(=C)NCc2cnc(C(C)(C)C)nc2)c1. The van der Waals surface area contributed by atoms with Crippen molar-refractivity contribution in [2.75, 3.05) is 6.61 Å². The summed E-state index contributed by atoms with van der Waals surface area (Å²) in [6.45, 7) is 22.4. The molecule has 1 N–H and O–H groups in total. The van der Waals surface area contributed by atoms with Crippen LogP contribution < -0.4 is 10.1 Å². The van der Waals surface area contributed by atoms with E-state index in [9.17, 15) is 0 Å². The van der Waals surface area contributed by atoms with E-state index in [1.165, 1.54) is 6.42 Å². The van der Waals surface area contributed by atoms with Crippen LogP contribution >= 0.6 is 0 Å². The van der Waals surface area contributed by atoms with Gasteiger partial charge >= 0.3 is 0 Å². The molecule has 1 aromatic carbocycles. The lowest BCUT2D eigenvalue weighted by Crippen LogP contribution is -2.17. The maximum atomic E-state index is 6.08. The Morgan fingerprint density at radius 2 is 1.73 bits per heavy atom. The van der Waals surface area contributed by atoms with E-state index in [4.69, 9.17) is 4.74 Å². The largest absolute Gasteiger partial charge is 0.493 e. The van der Waals surface area contributed by atoms with Crippen molar-refractivity contribution in [3.8, 4) is 5.75 Å². The van der Waals surface area contributed by atoms with E-state index in [1.807, 2.05) is 25.4 Å². The molecule has 0 saturated heterocycles. The Kier molecular flexibility index (Phi) is 8.22. The molecule has 1 heterocycles. The van der Waals surface area contributed by atoms with Gasteiger partial charge in [0.15, 0.2) is 0 Å². The molecule has 162 valence electrons. The molecular weight excluding hydrogens is 370 g/mol. The van der Waals surface area contributed by atoms with E-state index in [-0.39, 0.29) is 5.41 Å². The van der Waals surface area contributed by atoms with Crippen molar-refractivity contribution in [3.63, 3.8) is 0 Å². The van der Waals surface area contributed by atoms with Gasteiger partial charge < -0.3 is 10.1 Å². The number of hydrogen-bond donors (Lipinski definition) is 1. The summed E-state index contributed by atoms with van der Waals surface area (Å²) >= 11 is 0. The molecule has 0 spiro atoms. The molecule has 0 amide bonds. The summed E-state index contributed by atoms with van der Waals surface area (Å²) in [4.78, 5) is 8.99. The predicted octanol–water partition coefficient (Wildman–Crippen LogP) is 6.38. The Balaban J connectivity index is 2.09. The van der Waals surface area contributed by atoms with E-state index < -0.39 is 0 Å². The standard InChI is InChI=1S/C26H37N3O/c1-9-10-19(4)17-30-24-12-22(18(2)3)11-23(13-24)20(5)27-14-21-15-28-25(29-16-21)26(6,7)8/h11-13,15-16,19,27H,2,5,9-10,14,17H2,1,3-4,6-8H3. The fraction of sp³-hybridized carbons (Fsp3) is 0.462. The summed E-state index contributed by atoms with van der Waals surface area (Å²) in [6.07, 6.45) is 6.09. The van der Waals surface area contributed by atoms with Crippen LogP contribution in [-0.4, -0.2) is 16.6 Å². The van der Waals surface area contributed by atoms with Gasteiger partial charge in [-0.2, -0.15) is 0 Å². The predicted molar refractivity (Wildman–Crippen MR) is 127 cm³/mol. The second-order valence-corrected chi connectivity index (χ2v) is 9.23. The number of hydrogen-bond acceptors (Lipinski definition) is 4. The fourth-order valence-electron chi connectivity index (χ4n) is 3.06. The average molecular weight is 408 g/mol. The molecule has 0 bridgehead atoms. The van der Waals surface area contributed by atoms with Crippen LogP contribution in [0.5, 0.6) is 5.75 Å². The Morgan fingerprint density at radius 1 is 1.10 bits per heavy atom. The van der Waals surface area contributed by atoms with Crippen LogP contribution in [0, 0.1) is 5.92 Å². The third kappa shape index (κ3) is 7.01. The fourth-order valence-corrected chi connectivity index (χ4v) is 3.06. The van der Waals surface area contributed by atoms with Gasteiger partial charge in [0.2, 0.25) is 0 Å². The van der Waals surface area contributed by atoms with Crippen LogP contribution in [0.1, 0.15) is 76.9 Å². The van der Waals surface area contributed by atoms with Crippen LogP contribution in [0.3, 0.4) is 0 Å². The van der Waals surface area contributed by atoms with Gasteiger partial charge in [-0.15, -0.1) is 0 Å². The first-order valence-corrected chi connectivity index (χ1v) is 10.8. The van der Waals surface area contributed by atoms with Crippen LogP contribution in [0.2, 0.25) is 0 Å². The Labute approximate surface area is 182 Å². The van der Waals surface area contributed by atoms with Gasteiger partial charge in [0.1, 0.15) is 11.6 Å². The smallest absolute Gasteiger partial charge is 0.133 e. The minimum Gasteiger partial charge on any atom is -0.493 e. The summed E-state index contributed by atoms with van der Waals surface area (Å²) in [5.74, 6) is 2.23. The quantitative estimate of drug-likeness (QED) is 0.496. The highest BCUT2D eigenvalue weighted by Gasteiger charge is 2.16. The minimum absolute atomic E-state index is 0.0520. The van der Waals surface area contributed by atoms with Crippen molar-refractivity contribution in [3.05, 3.63) is 66.3 Å². The third-order valence-corrected chi connectivity index (χ3v) is 4.95. The molecule has 0 saturated carbocycles. The highest BCUT2D eigenvalue weighted by molar-refractivity contribution is 5.71. The van der Waals surface area contributed by atoms with Crippen LogP contribution in [-0.2, 0) is 12.0 Å². The molecule has 0 fully saturated rings. The Bertz CT molecular complexity index is 863. The summed E-state index contributed by atoms with van der Waals surface area (Å²) in [7, 11) is 0. The zero-order valence-electron chi connectivity index (χ0n) is 19.5.